The Bertz CT molecular complexity index is 954. The number of carbonyl (C=O) groups is 1. The molecule has 2 aromatic heterocycles. The third kappa shape index (κ3) is 4.36. The van der Waals surface area contributed by atoms with Gasteiger partial charge in [0.05, 0.1) is 6.33 Å². The molecule has 3 rings (SSSR count). The van der Waals surface area contributed by atoms with Crippen molar-refractivity contribution in [2.75, 3.05) is 18.4 Å². The number of nitrogens with zero attached hydrogens (tertiary/aromatic N) is 4. The van der Waals surface area contributed by atoms with E-state index in [1.54, 1.807) is 19.3 Å². The largest absolute Gasteiger partial charge is 0.367 e. The Hall–Kier alpha value is -2.80. The summed E-state index contributed by atoms with van der Waals surface area (Å²) in [4.78, 5) is 30.8. The maximum atomic E-state index is 11.7. The van der Waals surface area contributed by atoms with Crippen molar-refractivity contribution in [3.63, 3.8) is 0 Å². The Kier molecular flexibility index (Phi) is 6.04. The minimum Gasteiger partial charge on any atom is -0.367 e. The van der Waals surface area contributed by atoms with Crippen LogP contribution < -0.4 is 5.32 Å². The lowest BCUT2D eigenvalue weighted by molar-refractivity contribution is 0.101. The molecule has 0 saturated heterocycles. The summed E-state index contributed by atoms with van der Waals surface area (Å²) in [7, 11) is 0. The summed E-state index contributed by atoms with van der Waals surface area (Å²) in [5.74, 6) is 1.29. The minimum atomic E-state index is 0.0171. The van der Waals surface area contributed by atoms with Gasteiger partial charge in [-0.2, -0.15) is 0 Å². The molecule has 1 aromatic carbocycles. The standard InChI is InChI=1S/C21H28N6O/c1-13(2)27(14(3)4)10-9-22-20-18-21(24-12-23-18)26-19(25-20)17-8-6-7-16(11-17)15(5)28/h6-8,11-14H,9-10H2,1-5H3,(H2,22,23,24,25,26). The van der Waals surface area contributed by atoms with Crippen LogP contribution in [-0.4, -0.2) is 55.8 Å². The summed E-state index contributed by atoms with van der Waals surface area (Å²) in [6.07, 6.45) is 1.62. The highest BCUT2D eigenvalue weighted by molar-refractivity contribution is 5.95. The van der Waals surface area contributed by atoms with Gasteiger partial charge in [-0.25, -0.2) is 15.0 Å². The highest BCUT2D eigenvalue weighted by Gasteiger charge is 2.15. The monoisotopic (exact) mass is 380 g/mol. The van der Waals surface area contributed by atoms with Crippen molar-refractivity contribution in [1.29, 1.82) is 0 Å². The van der Waals surface area contributed by atoms with Gasteiger partial charge >= 0.3 is 0 Å². The van der Waals surface area contributed by atoms with Gasteiger partial charge in [-0.3, -0.25) is 9.69 Å². The summed E-state index contributed by atoms with van der Waals surface area (Å²) in [6, 6.07) is 8.32. The summed E-state index contributed by atoms with van der Waals surface area (Å²) in [5, 5.41) is 3.43. The number of carbonyl (C=O) groups excluding carboxylic acids is 1. The van der Waals surface area contributed by atoms with Crippen molar-refractivity contribution in [1.82, 2.24) is 24.8 Å². The van der Waals surface area contributed by atoms with Crippen LogP contribution in [0, 0.1) is 0 Å². The highest BCUT2D eigenvalue weighted by Crippen LogP contribution is 2.23. The zero-order valence-electron chi connectivity index (χ0n) is 17.2. The number of aromatic amines is 1. The van der Waals surface area contributed by atoms with E-state index in [9.17, 15) is 4.79 Å². The lowest BCUT2D eigenvalue weighted by atomic mass is 10.1. The number of nitrogens with one attached hydrogen (secondary N) is 2. The van der Waals surface area contributed by atoms with E-state index in [1.165, 1.54) is 0 Å². The number of aromatic nitrogens is 4. The number of ketones is 1. The number of rotatable bonds is 8. The first-order valence-electron chi connectivity index (χ1n) is 9.69. The maximum Gasteiger partial charge on any atom is 0.183 e. The van der Waals surface area contributed by atoms with Crippen LogP contribution >= 0.6 is 0 Å². The quantitative estimate of drug-likeness (QED) is 0.579. The SMILES string of the molecule is CC(=O)c1cccc(-c2nc(NCCN(C(C)C)C(C)C)c3[nH]cnc3n2)c1. The molecular formula is C21H28N6O. The zero-order chi connectivity index (χ0) is 20.3. The van der Waals surface area contributed by atoms with Crippen LogP contribution in [0.15, 0.2) is 30.6 Å². The van der Waals surface area contributed by atoms with Crippen LogP contribution in [0.4, 0.5) is 5.82 Å². The smallest absolute Gasteiger partial charge is 0.183 e. The zero-order valence-corrected chi connectivity index (χ0v) is 17.2. The van der Waals surface area contributed by atoms with E-state index in [0.717, 1.165) is 30.0 Å². The molecular weight excluding hydrogens is 352 g/mol. The fourth-order valence-corrected chi connectivity index (χ4v) is 3.38. The number of anilines is 1. The van der Waals surface area contributed by atoms with Crippen LogP contribution in [0.3, 0.4) is 0 Å². The van der Waals surface area contributed by atoms with Crippen molar-refractivity contribution in [3.8, 4) is 11.4 Å². The Labute approximate surface area is 165 Å². The van der Waals surface area contributed by atoms with Crippen LogP contribution in [0.1, 0.15) is 45.0 Å². The van der Waals surface area contributed by atoms with Gasteiger partial charge in [0.2, 0.25) is 0 Å². The molecule has 7 heteroatoms. The molecule has 2 N–H and O–H groups in total. The second kappa shape index (κ2) is 8.48. The molecule has 0 aliphatic carbocycles. The summed E-state index contributed by atoms with van der Waals surface area (Å²) in [5.41, 5.74) is 2.83. The number of Topliss-reactive ketones (excluding diaryl/α,β-unsaturated/α-hetero) is 1. The molecule has 2 heterocycles. The van der Waals surface area contributed by atoms with E-state index in [1.807, 2.05) is 18.2 Å². The number of H-pyrrole nitrogens is 1. The topological polar surface area (TPSA) is 86.8 Å². The molecule has 0 fully saturated rings. The number of benzene rings is 1. The molecule has 0 bridgehead atoms. The Morgan fingerprint density at radius 1 is 1.18 bits per heavy atom. The maximum absolute atomic E-state index is 11.7. The summed E-state index contributed by atoms with van der Waals surface area (Å²) >= 11 is 0. The van der Waals surface area contributed by atoms with Gasteiger partial charge in [0.25, 0.3) is 0 Å². The van der Waals surface area contributed by atoms with Crippen LogP contribution in [0.25, 0.3) is 22.6 Å². The van der Waals surface area contributed by atoms with E-state index < -0.39 is 0 Å². The molecule has 0 amide bonds. The van der Waals surface area contributed by atoms with E-state index >= 15 is 0 Å². The van der Waals surface area contributed by atoms with Crippen molar-refractivity contribution >= 4 is 22.8 Å². The first-order chi connectivity index (χ1) is 13.4. The van der Waals surface area contributed by atoms with Crippen LogP contribution in [-0.2, 0) is 0 Å². The Morgan fingerprint density at radius 3 is 2.61 bits per heavy atom. The van der Waals surface area contributed by atoms with Crippen molar-refractivity contribution in [2.45, 2.75) is 46.7 Å². The average molecular weight is 380 g/mol. The van der Waals surface area contributed by atoms with E-state index in [0.29, 0.717) is 29.1 Å². The van der Waals surface area contributed by atoms with Crippen LogP contribution in [0.2, 0.25) is 0 Å². The first kappa shape index (κ1) is 19.9. The van der Waals surface area contributed by atoms with Gasteiger partial charge in [0, 0.05) is 36.3 Å². The number of imidazole rings is 1. The molecule has 0 aliphatic heterocycles. The first-order valence-corrected chi connectivity index (χ1v) is 9.69. The van der Waals surface area contributed by atoms with Crippen molar-refractivity contribution in [2.24, 2.45) is 0 Å². The Balaban J connectivity index is 1.88. The van der Waals surface area contributed by atoms with E-state index in [2.05, 4.69) is 52.9 Å². The average Bonchev–Trinajstić information content (AvgIpc) is 3.13. The lowest BCUT2D eigenvalue weighted by Gasteiger charge is -2.30. The minimum absolute atomic E-state index is 0.0171. The summed E-state index contributed by atoms with van der Waals surface area (Å²) in [6.45, 7) is 12.0. The third-order valence-corrected chi connectivity index (χ3v) is 4.80. The van der Waals surface area contributed by atoms with Gasteiger partial charge in [-0.15, -0.1) is 0 Å². The predicted molar refractivity (Wildman–Crippen MR) is 113 cm³/mol. The van der Waals surface area contributed by atoms with Gasteiger partial charge in [0.1, 0.15) is 5.52 Å². The Morgan fingerprint density at radius 2 is 1.93 bits per heavy atom. The number of hydrogen-bond acceptors (Lipinski definition) is 6. The number of hydrogen-bond donors (Lipinski definition) is 2. The molecule has 0 unspecified atom stereocenters. The molecule has 0 spiro atoms. The van der Waals surface area contributed by atoms with Gasteiger partial charge in [0.15, 0.2) is 23.1 Å². The highest BCUT2D eigenvalue weighted by atomic mass is 16.1. The second-order valence-corrected chi connectivity index (χ2v) is 7.49. The lowest BCUT2D eigenvalue weighted by Crippen LogP contribution is -2.40. The third-order valence-electron chi connectivity index (χ3n) is 4.80. The molecule has 148 valence electrons. The fourth-order valence-electron chi connectivity index (χ4n) is 3.38. The molecule has 0 aliphatic rings. The molecule has 7 nitrogen and oxygen atoms in total. The molecule has 0 atom stereocenters. The molecule has 0 saturated carbocycles. The summed E-state index contributed by atoms with van der Waals surface area (Å²) < 4.78 is 0. The van der Waals surface area contributed by atoms with Gasteiger partial charge in [-0.05, 0) is 40.7 Å². The second-order valence-electron chi connectivity index (χ2n) is 7.49. The number of fused-ring (bicyclic) bond motifs is 1. The normalized spacial score (nSPS) is 11.7. The van der Waals surface area contributed by atoms with Gasteiger partial charge < -0.3 is 10.3 Å². The van der Waals surface area contributed by atoms with E-state index in [-0.39, 0.29) is 5.78 Å². The van der Waals surface area contributed by atoms with Gasteiger partial charge in [-0.1, -0.05) is 18.2 Å². The van der Waals surface area contributed by atoms with Crippen molar-refractivity contribution in [3.05, 3.63) is 36.2 Å². The molecule has 28 heavy (non-hydrogen) atoms. The van der Waals surface area contributed by atoms with E-state index in [4.69, 9.17) is 4.98 Å². The van der Waals surface area contributed by atoms with Crippen molar-refractivity contribution < 1.29 is 4.79 Å². The molecule has 3 aromatic rings. The molecule has 0 radical (unpaired) electrons. The fraction of sp³-hybridized carbons (Fsp3) is 0.429. The van der Waals surface area contributed by atoms with Crippen LogP contribution in [0.5, 0.6) is 0 Å². The predicted octanol–water partition coefficient (Wildman–Crippen LogP) is 3.75.